The minimum Gasteiger partial charge on any atom is -0.469 e. The molecule has 0 unspecified atom stereocenters. The van der Waals surface area contributed by atoms with Crippen LogP contribution in [0.5, 0.6) is 0 Å². The van der Waals surface area contributed by atoms with Gasteiger partial charge in [-0.15, -0.1) is 0 Å². The average molecular weight is 569 g/mol. The average Bonchev–Trinajstić information content (AvgIpc) is 2.99. The van der Waals surface area contributed by atoms with Crippen molar-refractivity contribution in [3.63, 3.8) is 0 Å². The molecule has 0 bridgehead atoms. The fraction of sp³-hybridized carbons (Fsp3) is 0.812. The number of hydrogen-bond donors (Lipinski definition) is 0. The number of unbranched alkanes of at least 4 members (excludes halogenated alkanes) is 2. The largest absolute Gasteiger partial charge is 0.469 e. The summed E-state index contributed by atoms with van der Waals surface area (Å²) in [6.07, 6.45) is 18.5. The Morgan fingerprint density at radius 1 is 0.700 bits per heavy atom. The molecule has 0 amide bonds. The van der Waals surface area contributed by atoms with E-state index in [0.717, 1.165) is 64.2 Å². The molecule has 8 heteroatoms. The molecule has 40 heavy (non-hydrogen) atoms. The van der Waals surface area contributed by atoms with Crippen LogP contribution in [0.15, 0.2) is 24.3 Å². The van der Waals surface area contributed by atoms with Crippen molar-refractivity contribution in [2.45, 2.75) is 142 Å². The van der Waals surface area contributed by atoms with Crippen molar-refractivity contribution in [1.82, 2.24) is 0 Å². The number of hydrogen-bond acceptors (Lipinski definition) is 8. The fourth-order valence-corrected chi connectivity index (χ4v) is 5.17. The molecular weight excluding hydrogens is 512 g/mol. The second-order valence-corrected chi connectivity index (χ2v) is 11.0. The van der Waals surface area contributed by atoms with Gasteiger partial charge in [0.2, 0.25) is 0 Å². The summed E-state index contributed by atoms with van der Waals surface area (Å²) in [6.45, 7) is 12.8. The Bertz CT molecular complexity index is 717. The Labute approximate surface area is 243 Å². The molecule has 2 rings (SSSR count). The predicted octanol–water partition coefficient (Wildman–Crippen LogP) is 7.60. The third-order valence-electron chi connectivity index (χ3n) is 8.13. The van der Waals surface area contributed by atoms with Gasteiger partial charge in [-0.3, -0.25) is 9.59 Å². The smallest absolute Gasteiger partial charge is 0.308 e. The maximum absolute atomic E-state index is 11.4. The van der Waals surface area contributed by atoms with Gasteiger partial charge < -0.3 is 9.47 Å². The highest BCUT2D eigenvalue weighted by atomic mass is 17.2. The minimum absolute atomic E-state index is 0.202. The molecule has 0 aliphatic carbocycles. The van der Waals surface area contributed by atoms with Crippen LogP contribution < -0.4 is 0 Å². The van der Waals surface area contributed by atoms with Gasteiger partial charge in [-0.1, -0.05) is 91.5 Å². The predicted molar refractivity (Wildman–Crippen MR) is 156 cm³/mol. The molecule has 0 saturated carbocycles. The molecule has 2 aliphatic rings. The van der Waals surface area contributed by atoms with E-state index in [1.807, 2.05) is 0 Å². The molecule has 0 radical (unpaired) electrons. The number of methoxy groups -OCH3 is 2. The zero-order valence-corrected chi connectivity index (χ0v) is 26.4. The van der Waals surface area contributed by atoms with E-state index < -0.39 is 0 Å². The van der Waals surface area contributed by atoms with Crippen LogP contribution in [0.25, 0.3) is 0 Å². The molecule has 2 saturated heterocycles. The third kappa shape index (κ3) is 11.6. The lowest BCUT2D eigenvalue weighted by atomic mass is 9.81. The molecule has 0 N–H and O–H groups in total. The van der Waals surface area contributed by atoms with E-state index >= 15 is 0 Å². The van der Waals surface area contributed by atoms with Crippen molar-refractivity contribution in [1.29, 1.82) is 0 Å². The molecule has 2 aliphatic heterocycles. The van der Waals surface area contributed by atoms with E-state index in [1.54, 1.807) is 0 Å². The summed E-state index contributed by atoms with van der Waals surface area (Å²) in [5, 5.41) is 0. The number of carbonyl (C=O) groups excluding carboxylic acids is 2. The van der Waals surface area contributed by atoms with E-state index in [-0.39, 0.29) is 48.2 Å². The van der Waals surface area contributed by atoms with Gasteiger partial charge in [0.05, 0.1) is 27.1 Å². The lowest BCUT2D eigenvalue weighted by Crippen LogP contribution is -2.44. The maximum atomic E-state index is 11.4. The van der Waals surface area contributed by atoms with E-state index in [9.17, 15) is 9.59 Å². The van der Waals surface area contributed by atoms with Crippen LogP contribution in [-0.2, 0) is 38.6 Å². The summed E-state index contributed by atoms with van der Waals surface area (Å²) < 4.78 is 9.43. The second kappa shape index (κ2) is 19.4. The second-order valence-electron chi connectivity index (χ2n) is 11.0. The lowest BCUT2D eigenvalue weighted by molar-refractivity contribution is -0.409. The molecular formula is C32H56O8. The fourth-order valence-electron chi connectivity index (χ4n) is 5.17. The van der Waals surface area contributed by atoms with Gasteiger partial charge in [0, 0.05) is 0 Å². The first kappa shape index (κ1) is 36.3. The van der Waals surface area contributed by atoms with Crippen molar-refractivity contribution in [3.8, 4) is 0 Å². The molecule has 0 spiro atoms. The maximum Gasteiger partial charge on any atom is 0.308 e. The van der Waals surface area contributed by atoms with Gasteiger partial charge in [0.25, 0.3) is 0 Å². The van der Waals surface area contributed by atoms with Gasteiger partial charge in [-0.25, -0.2) is 19.6 Å². The number of allylic oxidation sites excluding steroid dienone is 2. The number of carbonyl (C=O) groups is 2. The Morgan fingerprint density at radius 3 is 1.35 bits per heavy atom. The summed E-state index contributed by atoms with van der Waals surface area (Å²) >= 11 is 0. The Kier molecular flexibility index (Phi) is 17.6. The number of esters is 2. The highest BCUT2D eigenvalue weighted by Crippen LogP contribution is 2.39. The zero-order chi connectivity index (χ0) is 30.0. The van der Waals surface area contributed by atoms with Crippen LogP contribution in [0.1, 0.15) is 119 Å². The Hall–Kier alpha value is -1.74. The van der Waals surface area contributed by atoms with Gasteiger partial charge in [-0.2, -0.15) is 0 Å². The van der Waals surface area contributed by atoms with Crippen molar-refractivity contribution >= 4 is 11.9 Å². The van der Waals surface area contributed by atoms with Gasteiger partial charge in [-0.05, 0) is 50.4 Å². The standard InChI is InChI=1S/2C16H28O4/c2*1-5-8-9-10-16(7-3)12-13(6-2)14(19-20-16)11-15(17)18-4/h2*9-10,13-14H,5-8,11-12H2,1-4H3/b2*10-9+/t13-,14+,16+;13-,14-,16+/m00/s1. The normalized spacial score (nSPS) is 30.6. The van der Waals surface area contributed by atoms with Crippen LogP contribution in [0, 0.1) is 11.8 Å². The van der Waals surface area contributed by atoms with Crippen LogP contribution >= 0.6 is 0 Å². The first-order valence-corrected chi connectivity index (χ1v) is 15.4. The number of rotatable bonds is 14. The van der Waals surface area contributed by atoms with Crippen LogP contribution in [-0.4, -0.2) is 49.6 Å². The van der Waals surface area contributed by atoms with Gasteiger partial charge in [0.15, 0.2) is 0 Å². The van der Waals surface area contributed by atoms with Crippen LogP contribution in [0.3, 0.4) is 0 Å². The first-order chi connectivity index (χ1) is 19.2. The molecule has 6 atom stereocenters. The minimum atomic E-state index is -0.345. The molecule has 8 nitrogen and oxygen atoms in total. The van der Waals surface area contributed by atoms with E-state index in [0.29, 0.717) is 11.8 Å². The summed E-state index contributed by atoms with van der Waals surface area (Å²) in [6, 6.07) is 0. The summed E-state index contributed by atoms with van der Waals surface area (Å²) in [5.74, 6) is 0.133. The van der Waals surface area contributed by atoms with Crippen molar-refractivity contribution in [2.75, 3.05) is 14.2 Å². The zero-order valence-electron chi connectivity index (χ0n) is 26.4. The van der Waals surface area contributed by atoms with E-state index in [4.69, 9.17) is 29.0 Å². The Balaban J connectivity index is 0.000000400. The van der Waals surface area contributed by atoms with Gasteiger partial charge >= 0.3 is 11.9 Å². The molecule has 2 heterocycles. The van der Waals surface area contributed by atoms with Crippen LogP contribution in [0.4, 0.5) is 0 Å². The SMILES string of the molecule is CCC/C=C/[C@]1(CC)C[C@H](CC)[C@@H](CC(=O)OC)OO1.CCC/C=C/[C@]1(CC)C[C@H](CC)[C@H](CC(=O)OC)OO1. The van der Waals surface area contributed by atoms with Crippen molar-refractivity contribution in [2.24, 2.45) is 11.8 Å². The first-order valence-electron chi connectivity index (χ1n) is 15.4. The monoisotopic (exact) mass is 568 g/mol. The van der Waals surface area contributed by atoms with E-state index in [2.05, 4.69) is 65.8 Å². The highest BCUT2D eigenvalue weighted by Gasteiger charge is 2.42. The summed E-state index contributed by atoms with van der Waals surface area (Å²) in [4.78, 5) is 45.2. The lowest BCUT2D eigenvalue weighted by Gasteiger charge is -2.41. The highest BCUT2D eigenvalue weighted by molar-refractivity contribution is 5.70. The molecule has 232 valence electrons. The number of ether oxygens (including phenoxy) is 2. The van der Waals surface area contributed by atoms with Gasteiger partial charge in [0.1, 0.15) is 23.4 Å². The van der Waals surface area contributed by atoms with Crippen molar-refractivity contribution < 1.29 is 38.6 Å². The van der Waals surface area contributed by atoms with E-state index in [1.165, 1.54) is 14.2 Å². The summed E-state index contributed by atoms with van der Waals surface area (Å²) in [5.41, 5.74) is -0.690. The quantitative estimate of drug-likeness (QED) is 0.120. The molecule has 0 aromatic rings. The summed E-state index contributed by atoms with van der Waals surface area (Å²) in [7, 11) is 2.80. The molecule has 0 aromatic heterocycles. The topological polar surface area (TPSA) is 89.5 Å². The molecule has 0 aromatic carbocycles. The van der Waals surface area contributed by atoms with Crippen LogP contribution in [0.2, 0.25) is 0 Å². The third-order valence-corrected chi connectivity index (χ3v) is 8.13. The Morgan fingerprint density at radius 2 is 1.07 bits per heavy atom. The van der Waals surface area contributed by atoms with Crippen molar-refractivity contribution in [3.05, 3.63) is 24.3 Å². The molecule has 2 fully saturated rings.